The Morgan fingerprint density at radius 1 is 1.41 bits per heavy atom. The summed E-state index contributed by atoms with van der Waals surface area (Å²) < 4.78 is 8.02. The van der Waals surface area contributed by atoms with Crippen LogP contribution in [0.5, 0.6) is 5.75 Å². The number of nitrogen functional groups attached to an aromatic ring is 1. The lowest BCUT2D eigenvalue weighted by molar-refractivity contribution is -0.119. The van der Waals surface area contributed by atoms with E-state index in [2.05, 4.69) is 38.4 Å². The SMILES string of the molecule is CC(NC(=O)CSc1nnc(COc2cccc(Br)c2)n1N)C1CC2CCC1C2. The predicted octanol–water partition coefficient (Wildman–Crippen LogP) is 3.37. The van der Waals surface area contributed by atoms with E-state index in [-0.39, 0.29) is 24.3 Å². The molecule has 0 radical (unpaired) electrons. The van der Waals surface area contributed by atoms with E-state index in [4.69, 9.17) is 10.6 Å². The van der Waals surface area contributed by atoms with Crippen LogP contribution in [0.1, 0.15) is 38.4 Å². The molecule has 2 aliphatic carbocycles. The van der Waals surface area contributed by atoms with Crippen LogP contribution in [0.15, 0.2) is 33.9 Å². The minimum atomic E-state index is 0.0141. The Morgan fingerprint density at radius 2 is 2.28 bits per heavy atom. The largest absolute Gasteiger partial charge is 0.485 e. The van der Waals surface area contributed by atoms with Crippen LogP contribution in [-0.2, 0) is 11.4 Å². The van der Waals surface area contributed by atoms with Crippen molar-refractivity contribution in [2.24, 2.45) is 17.8 Å². The molecule has 0 spiro atoms. The normalized spacial score (nSPS) is 23.9. The number of ether oxygens (including phenoxy) is 1. The minimum Gasteiger partial charge on any atom is -0.485 e. The lowest BCUT2D eigenvalue weighted by Gasteiger charge is -2.28. The molecule has 0 aliphatic heterocycles. The van der Waals surface area contributed by atoms with Crippen molar-refractivity contribution in [3.8, 4) is 5.75 Å². The van der Waals surface area contributed by atoms with Gasteiger partial charge in [0, 0.05) is 10.5 Å². The van der Waals surface area contributed by atoms with Gasteiger partial charge in [0.1, 0.15) is 12.4 Å². The van der Waals surface area contributed by atoms with Gasteiger partial charge in [0.2, 0.25) is 11.1 Å². The number of rotatable bonds is 8. The van der Waals surface area contributed by atoms with Crippen LogP contribution >= 0.6 is 27.7 Å². The third kappa shape index (κ3) is 4.88. The number of nitrogens with zero attached hydrogens (tertiary/aromatic N) is 3. The molecular formula is C20H26BrN5O2S. The van der Waals surface area contributed by atoms with Crippen LogP contribution in [0.4, 0.5) is 0 Å². The molecule has 9 heteroatoms. The third-order valence-electron chi connectivity index (χ3n) is 6.06. The molecule has 156 valence electrons. The molecule has 2 bridgehead atoms. The smallest absolute Gasteiger partial charge is 0.230 e. The number of hydrogen-bond acceptors (Lipinski definition) is 6. The molecular weight excluding hydrogens is 454 g/mol. The lowest BCUT2D eigenvalue weighted by Crippen LogP contribution is -2.41. The number of thioether (sulfide) groups is 1. The van der Waals surface area contributed by atoms with Crippen molar-refractivity contribution in [3.05, 3.63) is 34.6 Å². The van der Waals surface area contributed by atoms with E-state index < -0.39 is 0 Å². The molecule has 4 unspecified atom stereocenters. The lowest BCUT2D eigenvalue weighted by atomic mass is 9.84. The average Bonchev–Trinajstić information content (AvgIpc) is 3.41. The Morgan fingerprint density at radius 3 is 3.00 bits per heavy atom. The van der Waals surface area contributed by atoms with Crippen LogP contribution in [0.25, 0.3) is 0 Å². The van der Waals surface area contributed by atoms with Crippen molar-refractivity contribution in [1.82, 2.24) is 20.2 Å². The number of hydrogen-bond donors (Lipinski definition) is 2. The fourth-order valence-corrected chi connectivity index (χ4v) is 5.71. The maximum Gasteiger partial charge on any atom is 0.230 e. The number of nitrogens with one attached hydrogen (secondary N) is 1. The molecule has 4 atom stereocenters. The van der Waals surface area contributed by atoms with Gasteiger partial charge in [-0.1, -0.05) is 40.2 Å². The quantitative estimate of drug-likeness (QED) is 0.445. The molecule has 1 amide bonds. The fraction of sp³-hybridized carbons (Fsp3) is 0.550. The summed E-state index contributed by atoms with van der Waals surface area (Å²) in [6.07, 6.45) is 5.31. The second kappa shape index (κ2) is 8.95. The van der Waals surface area contributed by atoms with Crippen LogP contribution in [0.2, 0.25) is 0 Å². The summed E-state index contributed by atoms with van der Waals surface area (Å²) in [7, 11) is 0. The Balaban J connectivity index is 1.25. The average molecular weight is 480 g/mol. The summed E-state index contributed by atoms with van der Waals surface area (Å²) in [4.78, 5) is 12.4. The van der Waals surface area contributed by atoms with Crippen molar-refractivity contribution >= 4 is 33.6 Å². The number of halogens is 1. The molecule has 2 aliphatic rings. The molecule has 1 aromatic carbocycles. The highest BCUT2D eigenvalue weighted by molar-refractivity contribution is 9.10. The summed E-state index contributed by atoms with van der Waals surface area (Å²) >= 11 is 4.70. The van der Waals surface area contributed by atoms with E-state index in [9.17, 15) is 4.79 Å². The van der Waals surface area contributed by atoms with E-state index in [0.717, 1.165) is 16.3 Å². The van der Waals surface area contributed by atoms with Crippen molar-refractivity contribution < 1.29 is 9.53 Å². The molecule has 4 rings (SSSR count). The Labute approximate surface area is 183 Å². The van der Waals surface area contributed by atoms with Gasteiger partial charge in [0.15, 0.2) is 5.82 Å². The van der Waals surface area contributed by atoms with Gasteiger partial charge in [-0.05, 0) is 62.1 Å². The summed E-state index contributed by atoms with van der Waals surface area (Å²) in [6, 6.07) is 7.78. The Hall–Kier alpha value is -1.74. The Kier molecular flexibility index (Phi) is 6.34. The standard InChI is InChI=1S/C20H26BrN5O2S/c1-12(17-8-13-5-6-14(17)7-13)23-19(27)11-29-20-25-24-18(26(20)22)10-28-16-4-2-3-15(21)9-16/h2-4,9,12-14,17H,5-8,10-11,22H2,1H3,(H,23,27). The molecule has 1 aromatic heterocycles. The summed E-state index contributed by atoms with van der Waals surface area (Å²) in [5, 5.41) is 11.8. The highest BCUT2D eigenvalue weighted by Gasteiger charge is 2.42. The monoisotopic (exact) mass is 479 g/mol. The van der Waals surface area contributed by atoms with Crippen molar-refractivity contribution in [3.63, 3.8) is 0 Å². The molecule has 1 heterocycles. The fourth-order valence-electron chi connectivity index (χ4n) is 4.65. The first-order valence-corrected chi connectivity index (χ1v) is 11.8. The first-order chi connectivity index (χ1) is 14.0. The first-order valence-electron chi connectivity index (χ1n) is 9.99. The number of amides is 1. The maximum absolute atomic E-state index is 12.4. The number of fused-ring (bicyclic) bond motifs is 2. The summed E-state index contributed by atoms with van der Waals surface area (Å²) in [5.74, 6) is 9.88. The van der Waals surface area contributed by atoms with Crippen molar-refractivity contribution in [2.75, 3.05) is 11.6 Å². The maximum atomic E-state index is 12.4. The van der Waals surface area contributed by atoms with E-state index in [1.165, 1.54) is 42.1 Å². The topological polar surface area (TPSA) is 95.1 Å². The molecule has 2 fully saturated rings. The molecule has 2 aromatic rings. The third-order valence-corrected chi connectivity index (χ3v) is 7.49. The zero-order chi connectivity index (χ0) is 20.4. The van der Waals surface area contributed by atoms with Crippen molar-refractivity contribution in [1.29, 1.82) is 0 Å². The highest BCUT2D eigenvalue weighted by Crippen LogP contribution is 2.49. The first kappa shape index (κ1) is 20.5. The predicted molar refractivity (Wildman–Crippen MR) is 116 cm³/mol. The second-order valence-corrected chi connectivity index (χ2v) is 9.86. The van der Waals surface area contributed by atoms with Crippen molar-refractivity contribution in [2.45, 2.75) is 50.4 Å². The Bertz CT molecular complexity index is 876. The minimum absolute atomic E-state index is 0.0141. The molecule has 2 saturated carbocycles. The zero-order valence-corrected chi connectivity index (χ0v) is 18.8. The van der Waals surface area contributed by atoms with E-state index in [1.54, 1.807) is 0 Å². The van der Waals surface area contributed by atoms with Gasteiger partial charge in [0.25, 0.3) is 0 Å². The number of carbonyl (C=O) groups is 1. The van der Waals surface area contributed by atoms with Gasteiger partial charge >= 0.3 is 0 Å². The van der Waals surface area contributed by atoms with E-state index in [0.29, 0.717) is 22.6 Å². The van der Waals surface area contributed by atoms with Crippen LogP contribution in [0.3, 0.4) is 0 Å². The number of aromatic nitrogens is 3. The van der Waals surface area contributed by atoms with Gasteiger partial charge in [0.05, 0.1) is 5.75 Å². The summed E-state index contributed by atoms with van der Waals surface area (Å²) in [5.41, 5.74) is 0. The highest BCUT2D eigenvalue weighted by atomic mass is 79.9. The van der Waals surface area contributed by atoms with Gasteiger partial charge in [-0.2, -0.15) is 0 Å². The van der Waals surface area contributed by atoms with Gasteiger partial charge in [-0.25, -0.2) is 4.68 Å². The second-order valence-electron chi connectivity index (χ2n) is 8.00. The van der Waals surface area contributed by atoms with Crippen LogP contribution < -0.4 is 15.9 Å². The van der Waals surface area contributed by atoms with Crippen LogP contribution in [-0.4, -0.2) is 32.6 Å². The van der Waals surface area contributed by atoms with Crippen LogP contribution in [0, 0.1) is 17.8 Å². The van der Waals surface area contributed by atoms with Gasteiger partial charge < -0.3 is 15.9 Å². The molecule has 7 nitrogen and oxygen atoms in total. The van der Waals surface area contributed by atoms with E-state index in [1.807, 2.05) is 24.3 Å². The summed E-state index contributed by atoms with van der Waals surface area (Å²) in [6.45, 7) is 2.34. The molecule has 3 N–H and O–H groups in total. The zero-order valence-electron chi connectivity index (χ0n) is 16.4. The molecule has 0 saturated heterocycles. The number of nitrogens with two attached hydrogens (primary N) is 1. The molecule has 29 heavy (non-hydrogen) atoms. The number of carbonyl (C=O) groups excluding carboxylic acids is 1. The van der Waals surface area contributed by atoms with Gasteiger partial charge in [-0.3, -0.25) is 4.79 Å². The number of benzene rings is 1. The van der Waals surface area contributed by atoms with Gasteiger partial charge in [-0.15, -0.1) is 10.2 Å². The van der Waals surface area contributed by atoms with E-state index >= 15 is 0 Å².